The Morgan fingerprint density at radius 3 is 3.07 bits per heavy atom. The maximum absolute atomic E-state index is 14.1. The Morgan fingerprint density at radius 1 is 1.40 bits per heavy atom. The summed E-state index contributed by atoms with van der Waals surface area (Å²) in [7, 11) is 0. The standard InChI is InChI=1S/C22H22FN5O2/c1-2-30-22(29)18-14-25-28-12-9-20(26-21(18)28)27-11-4-6-19(27)17-13-16(23)8-7-15(17)5-3-10-24/h7-9,12-14,19H,2,4,6,10-11,24H2,1H3/t19-/m1/s1. The van der Waals surface area contributed by atoms with Gasteiger partial charge in [-0.15, -0.1) is 0 Å². The molecule has 8 heteroatoms. The number of carbonyl (C=O) groups is 1. The van der Waals surface area contributed by atoms with Crippen LogP contribution in [0.1, 0.15) is 47.3 Å². The molecule has 30 heavy (non-hydrogen) atoms. The fraction of sp³-hybridized carbons (Fsp3) is 0.318. The van der Waals surface area contributed by atoms with E-state index in [0.717, 1.165) is 30.5 Å². The fourth-order valence-electron chi connectivity index (χ4n) is 3.81. The molecular weight excluding hydrogens is 385 g/mol. The molecule has 3 heterocycles. The van der Waals surface area contributed by atoms with Gasteiger partial charge in [0.05, 0.1) is 25.4 Å². The van der Waals surface area contributed by atoms with Crippen LogP contribution in [0, 0.1) is 17.7 Å². The third kappa shape index (κ3) is 3.72. The first kappa shape index (κ1) is 19.9. The summed E-state index contributed by atoms with van der Waals surface area (Å²) in [5.74, 6) is 5.83. The molecule has 1 aromatic carbocycles. The minimum absolute atomic E-state index is 0.0771. The molecule has 0 bridgehead atoms. The number of anilines is 1. The lowest BCUT2D eigenvalue weighted by Crippen LogP contribution is -2.24. The van der Waals surface area contributed by atoms with E-state index < -0.39 is 5.97 Å². The van der Waals surface area contributed by atoms with Crippen LogP contribution in [-0.4, -0.2) is 40.3 Å². The number of ether oxygens (including phenoxy) is 1. The quantitative estimate of drug-likeness (QED) is 0.529. The van der Waals surface area contributed by atoms with E-state index in [1.54, 1.807) is 23.7 Å². The van der Waals surface area contributed by atoms with Gasteiger partial charge in [-0.25, -0.2) is 18.7 Å². The minimum atomic E-state index is -0.459. The van der Waals surface area contributed by atoms with E-state index in [0.29, 0.717) is 17.0 Å². The van der Waals surface area contributed by atoms with Crippen molar-refractivity contribution in [3.8, 4) is 11.8 Å². The highest BCUT2D eigenvalue weighted by Crippen LogP contribution is 2.37. The van der Waals surface area contributed by atoms with Gasteiger partial charge in [0.15, 0.2) is 5.65 Å². The van der Waals surface area contributed by atoms with Gasteiger partial charge in [-0.05, 0) is 49.6 Å². The van der Waals surface area contributed by atoms with Gasteiger partial charge in [0, 0.05) is 18.3 Å². The van der Waals surface area contributed by atoms with Crippen molar-refractivity contribution in [3.05, 3.63) is 59.2 Å². The third-order valence-corrected chi connectivity index (χ3v) is 5.09. The van der Waals surface area contributed by atoms with Crippen molar-refractivity contribution in [2.75, 3.05) is 24.6 Å². The van der Waals surface area contributed by atoms with Crippen LogP contribution in [0.25, 0.3) is 5.65 Å². The van der Waals surface area contributed by atoms with Crippen molar-refractivity contribution in [2.24, 2.45) is 5.73 Å². The SMILES string of the molecule is CCOC(=O)c1cnn2ccc(N3CCC[C@@H]3c3cc(F)ccc3C#CCN)nc12. The number of rotatable bonds is 4. The minimum Gasteiger partial charge on any atom is -0.462 e. The Kier molecular flexibility index (Phi) is 5.63. The van der Waals surface area contributed by atoms with Crippen LogP contribution in [0.4, 0.5) is 10.2 Å². The zero-order valence-corrected chi connectivity index (χ0v) is 16.6. The molecule has 0 radical (unpaired) electrons. The Bertz CT molecular complexity index is 1150. The fourth-order valence-corrected chi connectivity index (χ4v) is 3.81. The van der Waals surface area contributed by atoms with E-state index in [1.807, 2.05) is 6.07 Å². The van der Waals surface area contributed by atoms with Gasteiger partial charge in [0.25, 0.3) is 0 Å². The number of aromatic nitrogens is 3. The highest BCUT2D eigenvalue weighted by Gasteiger charge is 2.29. The number of esters is 1. The summed E-state index contributed by atoms with van der Waals surface area (Å²) in [5, 5.41) is 4.18. The maximum Gasteiger partial charge on any atom is 0.343 e. The second kappa shape index (κ2) is 8.51. The first-order chi connectivity index (χ1) is 14.6. The zero-order chi connectivity index (χ0) is 21.1. The molecule has 0 spiro atoms. The van der Waals surface area contributed by atoms with Crippen molar-refractivity contribution >= 4 is 17.4 Å². The molecule has 1 fully saturated rings. The summed E-state index contributed by atoms with van der Waals surface area (Å²) in [5.41, 5.74) is 7.84. The van der Waals surface area contributed by atoms with Gasteiger partial charge in [-0.3, -0.25) is 0 Å². The molecule has 1 atom stereocenters. The number of hydrogen-bond donors (Lipinski definition) is 1. The van der Waals surface area contributed by atoms with Crippen molar-refractivity contribution in [3.63, 3.8) is 0 Å². The molecule has 0 saturated carbocycles. The molecule has 0 aliphatic carbocycles. The number of hydrogen-bond acceptors (Lipinski definition) is 6. The van der Waals surface area contributed by atoms with Crippen LogP contribution in [0.2, 0.25) is 0 Å². The summed E-state index contributed by atoms with van der Waals surface area (Å²) in [4.78, 5) is 19.0. The van der Waals surface area contributed by atoms with E-state index in [9.17, 15) is 9.18 Å². The van der Waals surface area contributed by atoms with Crippen LogP contribution in [-0.2, 0) is 4.74 Å². The van der Waals surface area contributed by atoms with Crippen molar-refractivity contribution in [1.82, 2.24) is 14.6 Å². The molecule has 0 unspecified atom stereocenters. The highest BCUT2D eigenvalue weighted by atomic mass is 19.1. The van der Waals surface area contributed by atoms with Crippen LogP contribution in [0.5, 0.6) is 0 Å². The van der Waals surface area contributed by atoms with Gasteiger partial charge in [0.1, 0.15) is 17.2 Å². The predicted molar refractivity (Wildman–Crippen MR) is 111 cm³/mol. The zero-order valence-electron chi connectivity index (χ0n) is 16.6. The molecule has 2 aromatic heterocycles. The smallest absolute Gasteiger partial charge is 0.343 e. The second-order valence-electron chi connectivity index (χ2n) is 6.92. The lowest BCUT2D eigenvalue weighted by atomic mass is 9.98. The topological polar surface area (TPSA) is 85.8 Å². The van der Waals surface area contributed by atoms with E-state index in [2.05, 4.69) is 26.8 Å². The molecular formula is C22H22FN5O2. The average Bonchev–Trinajstić information content (AvgIpc) is 3.39. The summed E-state index contributed by atoms with van der Waals surface area (Å²) >= 11 is 0. The van der Waals surface area contributed by atoms with Crippen LogP contribution < -0.4 is 10.6 Å². The highest BCUT2D eigenvalue weighted by molar-refractivity contribution is 5.95. The number of carbonyl (C=O) groups excluding carboxylic acids is 1. The van der Waals surface area contributed by atoms with Crippen LogP contribution in [0.3, 0.4) is 0 Å². The molecule has 3 aromatic rings. The van der Waals surface area contributed by atoms with Gasteiger partial charge in [0.2, 0.25) is 0 Å². The molecule has 1 aliphatic rings. The molecule has 1 saturated heterocycles. The Hall–Kier alpha value is -3.44. The number of fused-ring (bicyclic) bond motifs is 1. The summed E-state index contributed by atoms with van der Waals surface area (Å²) < 4.78 is 20.7. The number of nitrogens with zero attached hydrogens (tertiary/aromatic N) is 4. The molecule has 1 aliphatic heterocycles. The maximum atomic E-state index is 14.1. The first-order valence-corrected chi connectivity index (χ1v) is 9.89. The Labute approximate surface area is 173 Å². The van der Waals surface area contributed by atoms with Gasteiger partial charge < -0.3 is 15.4 Å². The van der Waals surface area contributed by atoms with E-state index in [1.165, 1.54) is 18.3 Å². The largest absolute Gasteiger partial charge is 0.462 e. The predicted octanol–water partition coefficient (Wildman–Crippen LogP) is 2.70. The molecule has 4 rings (SSSR count). The number of halogens is 1. The Balaban J connectivity index is 1.74. The van der Waals surface area contributed by atoms with E-state index in [4.69, 9.17) is 10.5 Å². The lowest BCUT2D eigenvalue weighted by molar-refractivity contribution is 0.0528. The van der Waals surface area contributed by atoms with Crippen molar-refractivity contribution in [1.29, 1.82) is 0 Å². The summed E-state index contributed by atoms with van der Waals surface area (Å²) in [6.45, 7) is 3.02. The molecule has 7 nitrogen and oxygen atoms in total. The van der Waals surface area contributed by atoms with Crippen LogP contribution in [0.15, 0.2) is 36.7 Å². The van der Waals surface area contributed by atoms with Crippen molar-refractivity contribution in [2.45, 2.75) is 25.8 Å². The number of nitrogens with two attached hydrogens (primary N) is 1. The third-order valence-electron chi connectivity index (χ3n) is 5.09. The summed E-state index contributed by atoms with van der Waals surface area (Å²) in [6, 6.07) is 6.40. The summed E-state index contributed by atoms with van der Waals surface area (Å²) in [6.07, 6.45) is 4.99. The second-order valence-corrected chi connectivity index (χ2v) is 6.92. The molecule has 154 valence electrons. The first-order valence-electron chi connectivity index (χ1n) is 9.89. The van der Waals surface area contributed by atoms with Crippen LogP contribution >= 0.6 is 0 Å². The molecule has 0 amide bonds. The Morgan fingerprint density at radius 2 is 2.27 bits per heavy atom. The van der Waals surface area contributed by atoms with E-state index >= 15 is 0 Å². The number of benzene rings is 1. The van der Waals surface area contributed by atoms with E-state index in [-0.39, 0.29) is 25.0 Å². The molecule has 2 N–H and O–H groups in total. The lowest BCUT2D eigenvalue weighted by Gasteiger charge is -2.27. The monoisotopic (exact) mass is 407 g/mol. The van der Waals surface area contributed by atoms with Gasteiger partial charge >= 0.3 is 5.97 Å². The van der Waals surface area contributed by atoms with Crippen molar-refractivity contribution < 1.29 is 13.9 Å². The normalized spacial score (nSPS) is 15.8. The van der Waals surface area contributed by atoms with Gasteiger partial charge in [-0.1, -0.05) is 11.8 Å². The average molecular weight is 407 g/mol. The van der Waals surface area contributed by atoms with Gasteiger partial charge in [-0.2, -0.15) is 5.10 Å².